The summed E-state index contributed by atoms with van der Waals surface area (Å²) in [6.45, 7) is 0.253. The van der Waals surface area contributed by atoms with Gasteiger partial charge in [0.15, 0.2) is 11.2 Å². The molecule has 0 aliphatic heterocycles. The topological polar surface area (TPSA) is 119 Å². The number of hydrogen-bond donors (Lipinski definition) is 1. The molecule has 0 spiro atoms. The van der Waals surface area contributed by atoms with Crippen LogP contribution in [0.4, 0.5) is 0 Å². The molecule has 0 amide bonds. The molecule has 0 bridgehead atoms. The zero-order valence-corrected chi connectivity index (χ0v) is 20.6. The Morgan fingerprint density at radius 1 is 0.971 bits per heavy atom. The van der Waals surface area contributed by atoms with Crippen LogP contribution in [0.2, 0.25) is 0 Å². The minimum atomic E-state index is -3.61. The van der Waals surface area contributed by atoms with E-state index in [9.17, 15) is 23.1 Å². The van der Waals surface area contributed by atoms with Gasteiger partial charge in [-0.15, -0.1) is 0 Å². The van der Waals surface area contributed by atoms with Crippen LogP contribution in [0.15, 0.2) is 69.1 Å². The van der Waals surface area contributed by atoms with Crippen molar-refractivity contribution in [3.8, 4) is 11.4 Å². The number of imidazole rings is 1. The Morgan fingerprint density at radius 3 is 2.23 bits per heavy atom. The standard InChI is InChI=1S/C24H27N5O5S/c1-26(2)35(33,34)19-12-10-18(11-13-19)21-25-22-20(29(21)16-17-8-5-4-6-9-17)23(31)28(14-7-15-30)24(32)27(22)3/h4-6,8-13,30H,7,14-16H2,1-3H3. The Balaban J connectivity index is 1.97. The van der Waals surface area contributed by atoms with E-state index in [0.29, 0.717) is 17.9 Å². The lowest BCUT2D eigenvalue weighted by atomic mass is 10.2. The number of aromatic nitrogens is 4. The number of rotatable bonds is 8. The van der Waals surface area contributed by atoms with Gasteiger partial charge in [-0.05, 0) is 36.2 Å². The average Bonchev–Trinajstić information content (AvgIpc) is 3.22. The third-order valence-corrected chi connectivity index (χ3v) is 7.68. The van der Waals surface area contributed by atoms with Gasteiger partial charge in [0.25, 0.3) is 5.56 Å². The molecule has 11 heteroatoms. The number of hydrogen-bond acceptors (Lipinski definition) is 6. The number of aliphatic hydroxyl groups excluding tert-OH is 1. The lowest BCUT2D eigenvalue weighted by Gasteiger charge is -2.13. The first-order valence-electron chi connectivity index (χ1n) is 11.0. The van der Waals surface area contributed by atoms with Gasteiger partial charge in [0.2, 0.25) is 10.0 Å². The number of fused-ring (bicyclic) bond motifs is 1. The zero-order valence-electron chi connectivity index (χ0n) is 19.7. The highest BCUT2D eigenvalue weighted by atomic mass is 32.2. The largest absolute Gasteiger partial charge is 0.396 e. The summed E-state index contributed by atoms with van der Waals surface area (Å²) in [4.78, 5) is 31.1. The van der Waals surface area contributed by atoms with Gasteiger partial charge in [-0.3, -0.25) is 13.9 Å². The van der Waals surface area contributed by atoms with Crippen LogP contribution < -0.4 is 11.2 Å². The van der Waals surface area contributed by atoms with Crippen LogP contribution in [0, 0.1) is 0 Å². The summed E-state index contributed by atoms with van der Waals surface area (Å²) in [5.41, 5.74) is 1.01. The van der Waals surface area contributed by atoms with Gasteiger partial charge in [0.1, 0.15) is 5.82 Å². The summed E-state index contributed by atoms with van der Waals surface area (Å²) < 4.78 is 30.3. The second kappa shape index (κ2) is 9.61. The van der Waals surface area contributed by atoms with Crippen molar-refractivity contribution in [2.24, 2.45) is 7.05 Å². The zero-order chi connectivity index (χ0) is 25.3. The van der Waals surface area contributed by atoms with E-state index in [1.165, 1.54) is 30.8 Å². The Bertz CT molecular complexity index is 1580. The molecular weight excluding hydrogens is 470 g/mol. The Kier molecular flexibility index (Phi) is 6.75. The van der Waals surface area contributed by atoms with Crippen LogP contribution in [0.1, 0.15) is 12.0 Å². The molecular formula is C24H27N5O5S. The minimum Gasteiger partial charge on any atom is -0.396 e. The maximum atomic E-state index is 13.4. The van der Waals surface area contributed by atoms with Crippen LogP contribution in [0.5, 0.6) is 0 Å². The number of nitrogens with zero attached hydrogens (tertiary/aromatic N) is 5. The van der Waals surface area contributed by atoms with E-state index >= 15 is 0 Å². The third-order valence-electron chi connectivity index (χ3n) is 5.85. The van der Waals surface area contributed by atoms with E-state index in [4.69, 9.17) is 0 Å². The third kappa shape index (κ3) is 4.45. The van der Waals surface area contributed by atoms with Crippen molar-refractivity contribution in [1.82, 2.24) is 23.0 Å². The van der Waals surface area contributed by atoms with Crippen LogP contribution in [0.25, 0.3) is 22.6 Å². The predicted molar refractivity (Wildman–Crippen MR) is 133 cm³/mol. The fraction of sp³-hybridized carbons (Fsp3) is 0.292. The summed E-state index contributed by atoms with van der Waals surface area (Å²) in [6.07, 6.45) is 0.266. The summed E-state index contributed by atoms with van der Waals surface area (Å²) in [7, 11) is 0.872. The maximum Gasteiger partial charge on any atom is 0.332 e. The molecule has 0 aliphatic rings. The molecule has 4 aromatic rings. The highest BCUT2D eigenvalue weighted by Gasteiger charge is 2.22. The van der Waals surface area contributed by atoms with Crippen molar-refractivity contribution >= 4 is 21.2 Å². The molecule has 184 valence electrons. The summed E-state index contributed by atoms with van der Waals surface area (Å²) >= 11 is 0. The normalized spacial score (nSPS) is 12.0. The summed E-state index contributed by atoms with van der Waals surface area (Å²) in [5.74, 6) is 0.435. The van der Waals surface area contributed by atoms with Gasteiger partial charge in [-0.25, -0.2) is 22.5 Å². The van der Waals surface area contributed by atoms with Crippen LogP contribution in [-0.4, -0.2) is 57.2 Å². The molecule has 2 aromatic heterocycles. The highest BCUT2D eigenvalue weighted by molar-refractivity contribution is 7.89. The molecule has 0 atom stereocenters. The first-order valence-corrected chi connectivity index (χ1v) is 12.5. The summed E-state index contributed by atoms with van der Waals surface area (Å²) in [5, 5.41) is 9.22. The molecule has 0 saturated heterocycles. The molecule has 4 rings (SSSR count). The predicted octanol–water partition coefficient (Wildman–Crippen LogP) is 1.24. The molecule has 0 fully saturated rings. The van der Waals surface area contributed by atoms with E-state index in [2.05, 4.69) is 4.98 Å². The fourth-order valence-electron chi connectivity index (χ4n) is 3.92. The van der Waals surface area contributed by atoms with Gasteiger partial charge < -0.3 is 9.67 Å². The van der Waals surface area contributed by atoms with Crippen molar-refractivity contribution in [3.63, 3.8) is 0 Å². The van der Waals surface area contributed by atoms with E-state index in [0.717, 1.165) is 14.4 Å². The van der Waals surface area contributed by atoms with E-state index in [1.807, 2.05) is 30.3 Å². The first-order chi connectivity index (χ1) is 16.7. The lowest BCUT2D eigenvalue weighted by Crippen LogP contribution is -2.39. The minimum absolute atomic E-state index is 0.0842. The quantitative estimate of drug-likeness (QED) is 0.391. The van der Waals surface area contributed by atoms with E-state index in [1.54, 1.807) is 23.7 Å². The number of sulfonamides is 1. The number of aliphatic hydroxyl groups is 1. The van der Waals surface area contributed by atoms with Gasteiger partial charge in [-0.1, -0.05) is 30.3 Å². The number of aryl methyl sites for hydroxylation is 1. The molecule has 2 aromatic carbocycles. The molecule has 1 N–H and O–H groups in total. The molecule has 0 radical (unpaired) electrons. The van der Waals surface area contributed by atoms with E-state index in [-0.39, 0.29) is 35.6 Å². The maximum absolute atomic E-state index is 13.4. The van der Waals surface area contributed by atoms with Gasteiger partial charge in [0, 0.05) is 46.4 Å². The second-order valence-electron chi connectivity index (χ2n) is 8.37. The monoisotopic (exact) mass is 497 g/mol. The molecule has 10 nitrogen and oxygen atoms in total. The fourth-order valence-corrected chi connectivity index (χ4v) is 4.83. The molecule has 2 heterocycles. The Labute approximate surface area is 202 Å². The molecule has 0 unspecified atom stereocenters. The average molecular weight is 498 g/mol. The van der Waals surface area contributed by atoms with Crippen molar-refractivity contribution in [1.29, 1.82) is 0 Å². The SMILES string of the molecule is CN(C)S(=O)(=O)c1ccc(-c2nc3c(c(=O)n(CCCO)c(=O)n3C)n2Cc2ccccc2)cc1. The van der Waals surface area contributed by atoms with Crippen molar-refractivity contribution in [2.75, 3.05) is 20.7 Å². The van der Waals surface area contributed by atoms with Crippen molar-refractivity contribution in [3.05, 3.63) is 81.0 Å². The first kappa shape index (κ1) is 24.6. The molecule has 0 saturated carbocycles. The smallest absolute Gasteiger partial charge is 0.332 e. The van der Waals surface area contributed by atoms with Crippen molar-refractivity contribution in [2.45, 2.75) is 24.4 Å². The van der Waals surface area contributed by atoms with E-state index < -0.39 is 21.3 Å². The number of benzene rings is 2. The summed E-state index contributed by atoms with van der Waals surface area (Å²) in [6, 6.07) is 15.8. The lowest BCUT2D eigenvalue weighted by molar-refractivity contribution is 0.277. The Hall–Kier alpha value is -3.54. The molecule has 0 aliphatic carbocycles. The Morgan fingerprint density at radius 2 is 1.63 bits per heavy atom. The van der Waals surface area contributed by atoms with Crippen LogP contribution in [0.3, 0.4) is 0 Å². The van der Waals surface area contributed by atoms with Gasteiger partial charge in [-0.2, -0.15) is 0 Å². The van der Waals surface area contributed by atoms with Gasteiger partial charge in [0.05, 0.1) is 4.90 Å². The highest BCUT2D eigenvalue weighted by Crippen LogP contribution is 2.25. The van der Waals surface area contributed by atoms with Gasteiger partial charge >= 0.3 is 5.69 Å². The van der Waals surface area contributed by atoms with Crippen LogP contribution >= 0.6 is 0 Å². The van der Waals surface area contributed by atoms with Crippen LogP contribution in [-0.2, 0) is 30.2 Å². The second-order valence-corrected chi connectivity index (χ2v) is 10.5. The van der Waals surface area contributed by atoms with Crippen molar-refractivity contribution < 1.29 is 13.5 Å². The molecule has 35 heavy (non-hydrogen) atoms.